The van der Waals surface area contributed by atoms with Crippen molar-refractivity contribution in [2.75, 3.05) is 44.6 Å². The molecule has 5 nitrogen and oxygen atoms in total. The molecule has 1 atom stereocenters. The fourth-order valence-corrected chi connectivity index (χ4v) is 3.18. The van der Waals surface area contributed by atoms with Crippen LogP contribution in [0.3, 0.4) is 0 Å². The van der Waals surface area contributed by atoms with Crippen LogP contribution < -0.4 is 10.6 Å². The topological polar surface area (TPSA) is 47.6 Å². The van der Waals surface area contributed by atoms with Gasteiger partial charge in [0.05, 0.1) is 10.7 Å². The van der Waals surface area contributed by atoms with Crippen LogP contribution in [0.2, 0.25) is 5.02 Å². The second-order valence-electron chi connectivity index (χ2n) is 5.58. The summed E-state index contributed by atoms with van der Waals surface area (Å²) in [7, 11) is 0. The number of amides is 2. The van der Waals surface area contributed by atoms with E-state index in [1.54, 1.807) is 6.07 Å². The molecule has 2 fully saturated rings. The van der Waals surface area contributed by atoms with Gasteiger partial charge in [-0.2, -0.15) is 0 Å². The second kappa shape index (κ2) is 6.64. The van der Waals surface area contributed by atoms with E-state index in [9.17, 15) is 4.79 Å². The number of nitrogens with one attached hydrogen (secondary N) is 2. The lowest BCUT2D eigenvalue weighted by Crippen LogP contribution is -2.53. The molecule has 2 aliphatic heterocycles. The van der Waals surface area contributed by atoms with Crippen molar-refractivity contribution >= 4 is 23.3 Å². The Balaban J connectivity index is 1.52. The van der Waals surface area contributed by atoms with Crippen LogP contribution in [-0.2, 0) is 0 Å². The smallest absolute Gasteiger partial charge is 0.321 e. The Labute approximate surface area is 130 Å². The molecule has 6 heteroatoms. The van der Waals surface area contributed by atoms with E-state index in [2.05, 4.69) is 15.5 Å². The molecule has 0 radical (unpaired) electrons. The van der Waals surface area contributed by atoms with Crippen LogP contribution >= 0.6 is 11.6 Å². The minimum absolute atomic E-state index is 0.0627. The molecule has 1 aromatic rings. The normalized spacial score (nSPS) is 23.3. The van der Waals surface area contributed by atoms with Crippen molar-refractivity contribution in [2.45, 2.75) is 12.5 Å². The average molecular weight is 309 g/mol. The maximum atomic E-state index is 12.3. The van der Waals surface area contributed by atoms with Gasteiger partial charge in [0, 0.05) is 38.8 Å². The quantitative estimate of drug-likeness (QED) is 0.876. The summed E-state index contributed by atoms with van der Waals surface area (Å²) in [6.45, 7) is 5.62. The zero-order chi connectivity index (χ0) is 14.7. The molecule has 21 heavy (non-hydrogen) atoms. The lowest BCUT2D eigenvalue weighted by Gasteiger charge is -2.37. The Morgan fingerprint density at radius 3 is 2.67 bits per heavy atom. The van der Waals surface area contributed by atoms with E-state index in [0.29, 0.717) is 16.8 Å². The molecule has 2 saturated heterocycles. The van der Waals surface area contributed by atoms with Gasteiger partial charge in [0.2, 0.25) is 0 Å². The van der Waals surface area contributed by atoms with Gasteiger partial charge in [-0.05, 0) is 25.1 Å². The molecule has 1 aromatic carbocycles. The molecule has 0 bridgehead atoms. The van der Waals surface area contributed by atoms with Gasteiger partial charge in [-0.1, -0.05) is 23.7 Å². The maximum Gasteiger partial charge on any atom is 0.321 e. The molecule has 2 N–H and O–H groups in total. The first kappa shape index (κ1) is 14.6. The predicted octanol–water partition coefficient (Wildman–Crippen LogP) is 1.85. The summed E-state index contributed by atoms with van der Waals surface area (Å²) in [5.41, 5.74) is 0.673. The fourth-order valence-electron chi connectivity index (χ4n) is 3.00. The molecule has 0 spiro atoms. The maximum absolute atomic E-state index is 12.3. The van der Waals surface area contributed by atoms with Gasteiger partial charge in [-0.3, -0.25) is 4.90 Å². The molecule has 2 heterocycles. The number of carbonyl (C=O) groups is 1. The third kappa shape index (κ3) is 3.48. The largest absolute Gasteiger partial charge is 0.322 e. The van der Waals surface area contributed by atoms with Crippen LogP contribution in [0.5, 0.6) is 0 Å². The monoisotopic (exact) mass is 308 g/mol. The van der Waals surface area contributed by atoms with Gasteiger partial charge in [-0.15, -0.1) is 0 Å². The molecule has 2 amide bonds. The highest BCUT2D eigenvalue weighted by Gasteiger charge is 2.27. The molecular weight excluding hydrogens is 288 g/mol. The Hall–Kier alpha value is -1.30. The van der Waals surface area contributed by atoms with Gasteiger partial charge in [-0.25, -0.2) is 4.79 Å². The third-order valence-corrected chi connectivity index (χ3v) is 4.60. The lowest BCUT2D eigenvalue weighted by atomic mass is 10.2. The fraction of sp³-hybridized carbons (Fsp3) is 0.533. The molecule has 1 unspecified atom stereocenters. The molecule has 2 aliphatic rings. The summed E-state index contributed by atoms with van der Waals surface area (Å²) in [4.78, 5) is 16.6. The first-order valence-corrected chi connectivity index (χ1v) is 7.87. The molecule has 0 aromatic heterocycles. The number of halogens is 1. The zero-order valence-electron chi connectivity index (χ0n) is 12.0. The minimum Gasteiger partial charge on any atom is -0.322 e. The van der Waals surface area contributed by atoms with Crippen molar-refractivity contribution < 1.29 is 4.79 Å². The van der Waals surface area contributed by atoms with Gasteiger partial charge in [0.25, 0.3) is 0 Å². The van der Waals surface area contributed by atoms with E-state index >= 15 is 0 Å². The van der Waals surface area contributed by atoms with Gasteiger partial charge < -0.3 is 15.5 Å². The summed E-state index contributed by atoms with van der Waals surface area (Å²) in [6.07, 6.45) is 1.21. The van der Waals surface area contributed by atoms with Crippen molar-refractivity contribution in [2.24, 2.45) is 0 Å². The minimum atomic E-state index is -0.0627. The Morgan fingerprint density at radius 2 is 2.00 bits per heavy atom. The van der Waals surface area contributed by atoms with E-state index in [-0.39, 0.29) is 6.03 Å². The Bertz CT molecular complexity index is 496. The van der Waals surface area contributed by atoms with Gasteiger partial charge >= 0.3 is 6.03 Å². The number of rotatable bonds is 2. The number of para-hydroxylation sites is 1. The van der Waals surface area contributed by atoms with Crippen LogP contribution in [0.15, 0.2) is 24.3 Å². The van der Waals surface area contributed by atoms with Gasteiger partial charge in [0.15, 0.2) is 0 Å². The van der Waals surface area contributed by atoms with E-state index in [1.165, 1.54) is 6.42 Å². The summed E-state index contributed by atoms with van der Waals surface area (Å²) < 4.78 is 0. The number of urea groups is 1. The number of carbonyl (C=O) groups excluding carboxylic acids is 1. The van der Waals surface area contributed by atoms with E-state index in [1.807, 2.05) is 23.1 Å². The molecule has 114 valence electrons. The molecule has 0 aliphatic carbocycles. The highest BCUT2D eigenvalue weighted by atomic mass is 35.5. The van der Waals surface area contributed by atoms with Crippen LogP contribution in [-0.4, -0.2) is 61.1 Å². The predicted molar refractivity (Wildman–Crippen MR) is 84.9 cm³/mol. The van der Waals surface area contributed by atoms with Crippen LogP contribution in [0.4, 0.5) is 10.5 Å². The van der Waals surface area contributed by atoms with Gasteiger partial charge in [0.1, 0.15) is 0 Å². The summed E-state index contributed by atoms with van der Waals surface area (Å²) in [5.74, 6) is 0. The Morgan fingerprint density at radius 1 is 1.24 bits per heavy atom. The summed E-state index contributed by atoms with van der Waals surface area (Å²) >= 11 is 6.07. The van der Waals surface area contributed by atoms with Crippen LogP contribution in [0.25, 0.3) is 0 Å². The van der Waals surface area contributed by atoms with Crippen molar-refractivity contribution in [3.63, 3.8) is 0 Å². The van der Waals surface area contributed by atoms with Crippen molar-refractivity contribution in [3.05, 3.63) is 29.3 Å². The number of hydrogen-bond acceptors (Lipinski definition) is 3. The number of anilines is 1. The summed E-state index contributed by atoms with van der Waals surface area (Å²) in [5, 5.41) is 6.85. The van der Waals surface area contributed by atoms with E-state index < -0.39 is 0 Å². The Kier molecular flexibility index (Phi) is 4.63. The SMILES string of the molecule is O=C(Nc1ccccc1Cl)N1CCN(C2CCNC2)CC1. The zero-order valence-corrected chi connectivity index (χ0v) is 12.8. The molecular formula is C15H21ClN4O. The van der Waals surface area contributed by atoms with E-state index in [0.717, 1.165) is 39.3 Å². The van der Waals surface area contributed by atoms with Crippen molar-refractivity contribution in [1.82, 2.24) is 15.1 Å². The first-order valence-electron chi connectivity index (χ1n) is 7.49. The average Bonchev–Trinajstić information content (AvgIpc) is 3.04. The highest BCUT2D eigenvalue weighted by molar-refractivity contribution is 6.33. The van der Waals surface area contributed by atoms with Crippen LogP contribution in [0, 0.1) is 0 Å². The second-order valence-corrected chi connectivity index (χ2v) is 5.99. The molecule has 0 saturated carbocycles. The van der Waals surface area contributed by atoms with Crippen molar-refractivity contribution in [1.29, 1.82) is 0 Å². The number of hydrogen-bond donors (Lipinski definition) is 2. The standard InChI is InChI=1S/C15H21ClN4O/c16-13-3-1-2-4-14(13)18-15(21)20-9-7-19(8-10-20)12-5-6-17-11-12/h1-4,12,17H,5-11H2,(H,18,21). The van der Waals surface area contributed by atoms with Crippen molar-refractivity contribution in [3.8, 4) is 0 Å². The number of piperazine rings is 1. The number of nitrogens with zero attached hydrogens (tertiary/aromatic N) is 2. The highest BCUT2D eigenvalue weighted by Crippen LogP contribution is 2.21. The number of benzene rings is 1. The molecule has 3 rings (SSSR count). The van der Waals surface area contributed by atoms with E-state index in [4.69, 9.17) is 11.6 Å². The third-order valence-electron chi connectivity index (χ3n) is 4.27. The lowest BCUT2D eigenvalue weighted by molar-refractivity contribution is 0.119. The first-order chi connectivity index (χ1) is 10.2. The summed E-state index contributed by atoms with van der Waals surface area (Å²) in [6, 6.07) is 7.90. The van der Waals surface area contributed by atoms with Crippen LogP contribution in [0.1, 0.15) is 6.42 Å².